The van der Waals surface area contributed by atoms with E-state index in [4.69, 9.17) is 17.3 Å². The summed E-state index contributed by atoms with van der Waals surface area (Å²) in [6.07, 6.45) is 1.78. The van der Waals surface area contributed by atoms with E-state index in [1.165, 1.54) is 0 Å². The van der Waals surface area contributed by atoms with Crippen molar-refractivity contribution in [1.82, 2.24) is 9.78 Å². The van der Waals surface area contributed by atoms with Crippen molar-refractivity contribution in [1.29, 1.82) is 0 Å². The Labute approximate surface area is 127 Å². The fourth-order valence-corrected chi connectivity index (χ4v) is 3.40. The Morgan fingerprint density at radius 2 is 2.00 bits per heavy atom. The van der Waals surface area contributed by atoms with E-state index in [-0.39, 0.29) is 0 Å². The second-order valence-electron chi connectivity index (χ2n) is 3.93. The van der Waals surface area contributed by atoms with Crippen molar-refractivity contribution < 1.29 is 0 Å². The first-order valence-electron chi connectivity index (χ1n) is 5.51. The van der Waals surface area contributed by atoms with Gasteiger partial charge in [0, 0.05) is 0 Å². The maximum Gasteiger partial charge on any atom is 0.126 e. The number of halogens is 2. The highest BCUT2D eigenvalue weighted by molar-refractivity contribution is 9.11. The van der Waals surface area contributed by atoms with Crippen LogP contribution in [0.15, 0.2) is 46.4 Å². The van der Waals surface area contributed by atoms with Crippen molar-refractivity contribution >= 4 is 44.6 Å². The van der Waals surface area contributed by atoms with E-state index in [0.29, 0.717) is 10.7 Å². The summed E-state index contributed by atoms with van der Waals surface area (Å²) in [7, 11) is 0. The summed E-state index contributed by atoms with van der Waals surface area (Å²) >= 11 is 11.2. The normalized spacial score (nSPS) is 10.8. The fourth-order valence-electron chi connectivity index (χ4n) is 1.78. The zero-order chi connectivity index (χ0) is 13.4. The molecule has 3 rings (SSSR count). The van der Waals surface area contributed by atoms with Gasteiger partial charge >= 0.3 is 0 Å². The Morgan fingerprint density at radius 3 is 2.68 bits per heavy atom. The zero-order valence-electron chi connectivity index (χ0n) is 9.68. The van der Waals surface area contributed by atoms with E-state index >= 15 is 0 Å². The maximum absolute atomic E-state index is 6.16. The average molecular weight is 355 g/mol. The predicted octanol–water partition coefficient (Wildman–Crippen LogP) is 4.60. The van der Waals surface area contributed by atoms with E-state index in [1.54, 1.807) is 22.2 Å². The van der Waals surface area contributed by atoms with Crippen molar-refractivity contribution in [3.05, 3.63) is 51.4 Å². The van der Waals surface area contributed by atoms with Gasteiger partial charge in [0.15, 0.2) is 0 Å². The van der Waals surface area contributed by atoms with Gasteiger partial charge in [0.2, 0.25) is 0 Å². The van der Waals surface area contributed by atoms with Crippen LogP contribution in [0.2, 0.25) is 5.02 Å². The van der Waals surface area contributed by atoms with Gasteiger partial charge in [-0.05, 0) is 40.2 Å². The quantitative estimate of drug-likeness (QED) is 0.731. The average Bonchev–Trinajstić information content (AvgIpc) is 2.96. The molecule has 3 aromatic rings. The molecule has 0 spiro atoms. The lowest BCUT2D eigenvalue weighted by molar-refractivity contribution is 0.885. The van der Waals surface area contributed by atoms with Gasteiger partial charge in [0.1, 0.15) is 5.69 Å². The summed E-state index contributed by atoms with van der Waals surface area (Å²) in [5, 5.41) is 5.16. The third kappa shape index (κ3) is 2.41. The summed E-state index contributed by atoms with van der Waals surface area (Å²) in [6.45, 7) is 0. The van der Waals surface area contributed by atoms with Gasteiger partial charge in [-0.1, -0.05) is 23.7 Å². The van der Waals surface area contributed by atoms with Crippen LogP contribution in [0.3, 0.4) is 0 Å². The van der Waals surface area contributed by atoms with Crippen LogP contribution in [0.4, 0.5) is 5.69 Å². The predicted molar refractivity (Wildman–Crippen MR) is 84.0 cm³/mol. The first-order valence-corrected chi connectivity index (χ1v) is 7.49. The molecule has 2 heterocycles. The number of nitrogens with zero attached hydrogens (tertiary/aromatic N) is 2. The number of nitrogen functional groups attached to an aromatic ring is 1. The highest BCUT2D eigenvalue weighted by atomic mass is 79.9. The van der Waals surface area contributed by atoms with Crippen LogP contribution in [0, 0.1) is 0 Å². The molecule has 0 aliphatic carbocycles. The van der Waals surface area contributed by atoms with Gasteiger partial charge in [0.05, 0.1) is 31.3 Å². The van der Waals surface area contributed by atoms with Crippen molar-refractivity contribution in [2.45, 2.75) is 0 Å². The summed E-state index contributed by atoms with van der Waals surface area (Å²) in [6, 6.07) is 11.5. The number of para-hydroxylation sites is 1. The Kier molecular flexibility index (Phi) is 3.35. The SMILES string of the molecule is Nc1cn(-c2ccccc2Cl)nc1-c1ccc(Br)s1. The molecular formula is C13H9BrClN3S. The molecule has 0 saturated carbocycles. The monoisotopic (exact) mass is 353 g/mol. The summed E-state index contributed by atoms with van der Waals surface area (Å²) in [4.78, 5) is 1.02. The topological polar surface area (TPSA) is 43.8 Å². The second kappa shape index (κ2) is 5.00. The lowest BCUT2D eigenvalue weighted by Crippen LogP contribution is -1.95. The Bertz CT molecular complexity index is 735. The molecule has 0 saturated heterocycles. The fraction of sp³-hybridized carbons (Fsp3) is 0. The van der Waals surface area contributed by atoms with Crippen LogP contribution >= 0.6 is 38.9 Å². The largest absolute Gasteiger partial charge is 0.396 e. The van der Waals surface area contributed by atoms with Crippen LogP contribution < -0.4 is 5.73 Å². The minimum absolute atomic E-state index is 0.634. The molecule has 0 amide bonds. The molecule has 0 unspecified atom stereocenters. The number of thiophene rings is 1. The van der Waals surface area contributed by atoms with Gasteiger partial charge in [0.25, 0.3) is 0 Å². The van der Waals surface area contributed by atoms with Crippen molar-refractivity contribution in [3.63, 3.8) is 0 Å². The Hall–Kier alpha value is -1.30. The molecule has 96 valence electrons. The molecule has 0 aliphatic heterocycles. The number of rotatable bonds is 2. The summed E-state index contributed by atoms with van der Waals surface area (Å²) in [5.41, 5.74) is 8.26. The van der Waals surface area contributed by atoms with Crippen molar-refractivity contribution in [2.24, 2.45) is 0 Å². The van der Waals surface area contributed by atoms with Gasteiger partial charge in [-0.25, -0.2) is 4.68 Å². The molecule has 0 aliphatic rings. The van der Waals surface area contributed by atoms with Crippen LogP contribution in [0.5, 0.6) is 0 Å². The number of nitrogens with two attached hydrogens (primary N) is 1. The smallest absolute Gasteiger partial charge is 0.126 e. The summed E-state index contributed by atoms with van der Waals surface area (Å²) in [5.74, 6) is 0. The lowest BCUT2D eigenvalue weighted by Gasteiger charge is -2.02. The minimum atomic E-state index is 0.634. The Morgan fingerprint density at radius 1 is 1.21 bits per heavy atom. The van der Waals surface area contributed by atoms with E-state index in [2.05, 4.69) is 21.0 Å². The Balaban J connectivity index is 2.10. The molecule has 0 radical (unpaired) electrons. The molecule has 0 atom stereocenters. The van der Waals surface area contributed by atoms with Crippen molar-refractivity contribution in [3.8, 4) is 16.3 Å². The number of benzene rings is 1. The third-order valence-electron chi connectivity index (χ3n) is 2.65. The number of hydrogen-bond donors (Lipinski definition) is 1. The van der Waals surface area contributed by atoms with Crippen molar-refractivity contribution in [2.75, 3.05) is 5.73 Å². The lowest BCUT2D eigenvalue weighted by atomic mass is 10.3. The number of aromatic nitrogens is 2. The molecular weight excluding hydrogens is 346 g/mol. The molecule has 19 heavy (non-hydrogen) atoms. The van der Waals surface area contributed by atoms with E-state index < -0.39 is 0 Å². The van der Waals surface area contributed by atoms with Gasteiger partial charge in [-0.15, -0.1) is 11.3 Å². The molecule has 2 aromatic heterocycles. The van der Waals surface area contributed by atoms with E-state index in [0.717, 1.165) is 20.0 Å². The highest BCUT2D eigenvalue weighted by Gasteiger charge is 2.12. The number of anilines is 1. The molecule has 0 fully saturated rings. The molecule has 3 nitrogen and oxygen atoms in total. The summed E-state index contributed by atoms with van der Waals surface area (Å²) < 4.78 is 2.76. The molecule has 6 heteroatoms. The van der Waals surface area contributed by atoms with Crippen LogP contribution in [0.25, 0.3) is 16.3 Å². The first-order chi connectivity index (χ1) is 9.15. The van der Waals surface area contributed by atoms with Crippen LogP contribution in [-0.2, 0) is 0 Å². The van der Waals surface area contributed by atoms with Gasteiger partial charge in [-0.3, -0.25) is 0 Å². The maximum atomic E-state index is 6.16. The molecule has 1 aromatic carbocycles. The van der Waals surface area contributed by atoms with Crippen LogP contribution in [0.1, 0.15) is 0 Å². The third-order valence-corrected chi connectivity index (χ3v) is 4.60. The highest BCUT2D eigenvalue weighted by Crippen LogP contribution is 2.34. The minimum Gasteiger partial charge on any atom is -0.396 e. The van der Waals surface area contributed by atoms with E-state index in [1.807, 2.05) is 36.4 Å². The molecule has 0 bridgehead atoms. The van der Waals surface area contributed by atoms with E-state index in [9.17, 15) is 0 Å². The van der Waals surface area contributed by atoms with Crippen LogP contribution in [-0.4, -0.2) is 9.78 Å². The zero-order valence-corrected chi connectivity index (χ0v) is 12.8. The standard InChI is InChI=1S/C13H9BrClN3S/c14-12-6-5-11(19-12)13-9(16)7-18(17-13)10-4-2-1-3-8(10)15/h1-7H,16H2. The van der Waals surface area contributed by atoms with Gasteiger partial charge < -0.3 is 5.73 Å². The molecule has 2 N–H and O–H groups in total. The first kappa shape index (κ1) is 12.7. The number of hydrogen-bond acceptors (Lipinski definition) is 3. The van der Waals surface area contributed by atoms with Gasteiger partial charge in [-0.2, -0.15) is 5.10 Å². The second-order valence-corrected chi connectivity index (χ2v) is 6.80.